The Labute approximate surface area is 104 Å². The van der Waals surface area contributed by atoms with Gasteiger partial charge in [0.1, 0.15) is 16.9 Å². The first-order chi connectivity index (χ1) is 8.08. The van der Waals surface area contributed by atoms with Crippen LogP contribution in [0.15, 0.2) is 11.3 Å². The summed E-state index contributed by atoms with van der Waals surface area (Å²) in [6, 6.07) is 0. The van der Waals surface area contributed by atoms with Crippen LogP contribution < -0.4 is 0 Å². The molecule has 0 unspecified atom stereocenters. The molecule has 0 atom stereocenters. The molecule has 0 aromatic heterocycles. The van der Waals surface area contributed by atoms with Gasteiger partial charge in [-0.2, -0.15) is 11.8 Å². The third-order valence-electron chi connectivity index (χ3n) is 3.30. The molecule has 2 fully saturated rings. The number of aliphatic hydroxyl groups is 1. The quantitative estimate of drug-likeness (QED) is 0.336. The number of allylic oxidation sites excluding steroid dienone is 1. The Hall–Kier alpha value is -0.970. The highest BCUT2D eigenvalue weighted by atomic mass is 32.2. The molecule has 2 rings (SSSR count). The maximum absolute atomic E-state index is 12.0. The Bertz CT molecular complexity index is 358. The van der Waals surface area contributed by atoms with Crippen molar-refractivity contribution in [1.82, 2.24) is 0 Å². The Morgan fingerprint density at radius 3 is 2.59 bits per heavy atom. The summed E-state index contributed by atoms with van der Waals surface area (Å²) in [5.74, 6) is 0.763. The molecular formula is C12H16O4S. The highest BCUT2D eigenvalue weighted by Crippen LogP contribution is 2.38. The number of ketones is 1. The fourth-order valence-electron chi connectivity index (χ4n) is 2.26. The summed E-state index contributed by atoms with van der Waals surface area (Å²) in [7, 11) is 0. The van der Waals surface area contributed by atoms with Crippen LogP contribution in [0.4, 0.5) is 0 Å². The first kappa shape index (κ1) is 12.5. The molecular weight excluding hydrogens is 240 g/mol. The van der Waals surface area contributed by atoms with Crippen molar-refractivity contribution in [1.29, 1.82) is 0 Å². The monoisotopic (exact) mass is 256 g/mol. The van der Waals surface area contributed by atoms with Crippen molar-refractivity contribution in [2.24, 2.45) is 0 Å². The zero-order valence-electron chi connectivity index (χ0n) is 9.82. The highest BCUT2D eigenvalue weighted by Gasteiger charge is 2.45. The predicted molar refractivity (Wildman–Crippen MR) is 65.0 cm³/mol. The minimum absolute atomic E-state index is 0.142. The summed E-state index contributed by atoms with van der Waals surface area (Å²) in [6.07, 6.45) is 1.96. The molecule has 4 nitrogen and oxygen atoms in total. The number of Topliss-reactive ketones (excluding diaryl/α,β-unsaturated/α-hetero) is 1. The lowest BCUT2D eigenvalue weighted by molar-refractivity contribution is -0.164. The van der Waals surface area contributed by atoms with Crippen molar-refractivity contribution >= 4 is 23.5 Å². The van der Waals surface area contributed by atoms with Crippen LogP contribution in [0.2, 0.25) is 0 Å². The minimum Gasteiger partial charge on any atom is -0.511 e. The van der Waals surface area contributed by atoms with Crippen LogP contribution in [0.25, 0.3) is 0 Å². The summed E-state index contributed by atoms with van der Waals surface area (Å²) in [5.41, 5.74) is -0.743. The maximum atomic E-state index is 12.0. The van der Waals surface area contributed by atoms with E-state index in [2.05, 4.69) is 0 Å². The first-order valence-corrected chi connectivity index (χ1v) is 7.00. The second kappa shape index (κ2) is 4.72. The number of aliphatic hydroxyl groups excluding tert-OH is 1. The van der Waals surface area contributed by atoms with Gasteiger partial charge in [-0.05, 0) is 24.3 Å². The van der Waals surface area contributed by atoms with Crippen LogP contribution in [0.3, 0.4) is 0 Å². The van der Waals surface area contributed by atoms with Gasteiger partial charge in [-0.3, -0.25) is 4.79 Å². The number of ether oxygens (including phenoxy) is 1. The summed E-state index contributed by atoms with van der Waals surface area (Å²) in [4.78, 5) is 23.8. The molecule has 1 N–H and O–H groups in total. The van der Waals surface area contributed by atoms with Gasteiger partial charge in [0.2, 0.25) is 0 Å². The van der Waals surface area contributed by atoms with E-state index in [9.17, 15) is 14.7 Å². The van der Waals surface area contributed by atoms with Crippen molar-refractivity contribution in [2.75, 3.05) is 11.5 Å². The number of rotatable bonds is 1. The standard InChI is InChI=1S/C12H16O4S/c1-2-8(13)10-9(14)7-12(16-11(10)15)3-5-17-6-4-12/h13H,2-7H2,1H3. The zero-order chi connectivity index (χ0) is 12.5. The largest absolute Gasteiger partial charge is 0.511 e. The number of esters is 1. The van der Waals surface area contributed by atoms with Crippen molar-refractivity contribution in [3.8, 4) is 0 Å². The number of carbonyl (C=O) groups excluding carboxylic acids is 2. The topological polar surface area (TPSA) is 63.6 Å². The molecule has 94 valence electrons. The van der Waals surface area contributed by atoms with Gasteiger partial charge in [-0.1, -0.05) is 6.92 Å². The van der Waals surface area contributed by atoms with Crippen LogP contribution in [-0.4, -0.2) is 34.0 Å². The number of carbonyl (C=O) groups is 2. The molecule has 0 aromatic carbocycles. The van der Waals surface area contributed by atoms with Gasteiger partial charge in [0, 0.05) is 6.42 Å². The second-order valence-electron chi connectivity index (χ2n) is 4.46. The SMILES string of the molecule is CCC(O)=C1C(=O)CC2(CCSCC2)OC1=O. The lowest BCUT2D eigenvalue weighted by atomic mass is 9.85. The van der Waals surface area contributed by atoms with E-state index in [4.69, 9.17) is 4.74 Å². The number of hydrogen-bond donors (Lipinski definition) is 1. The Morgan fingerprint density at radius 2 is 2.06 bits per heavy atom. The van der Waals surface area contributed by atoms with E-state index >= 15 is 0 Å². The molecule has 2 saturated heterocycles. The van der Waals surface area contributed by atoms with E-state index in [1.54, 1.807) is 6.92 Å². The normalized spacial score (nSPS) is 26.9. The summed E-state index contributed by atoms with van der Waals surface area (Å²) >= 11 is 1.81. The molecule has 2 aliphatic heterocycles. The van der Waals surface area contributed by atoms with Crippen molar-refractivity contribution in [3.05, 3.63) is 11.3 Å². The van der Waals surface area contributed by atoms with E-state index in [0.717, 1.165) is 24.3 Å². The van der Waals surface area contributed by atoms with Crippen LogP contribution in [0.5, 0.6) is 0 Å². The highest BCUT2D eigenvalue weighted by molar-refractivity contribution is 7.99. The van der Waals surface area contributed by atoms with Crippen LogP contribution in [0, 0.1) is 0 Å². The summed E-state index contributed by atoms with van der Waals surface area (Å²) in [5, 5.41) is 9.56. The molecule has 0 radical (unpaired) electrons. The van der Waals surface area contributed by atoms with Crippen molar-refractivity contribution < 1.29 is 19.4 Å². The van der Waals surface area contributed by atoms with Gasteiger partial charge in [0.15, 0.2) is 5.78 Å². The number of thioether (sulfide) groups is 1. The maximum Gasteiger partial charge on any atom is 0.345 e. The Kier molecular flexibility index (Phi) is 3.47. The van der Waals surface area contributed by atoms with E-state index in [0.29, 0.717) is 0 Å². The van der Waals surface area contributed by atoms with Crippen molar-refractivity contribution in [2.45, 2.75) is 38.2 Å². The van der Waals surface area contributed by atoms with Gasteiger partial charge in [0.25, 0.3) is 0 Å². The summed E-state index contributed by atoms with van der Waals surface area (Å²) < 4.78 is 5.43. The van der Waals surface area contributed by atoms with Gasteiger partial charge in [-0.15, -0.1) is 0 Å². The van der Waals surface area contributed by atoms with E-state index in [1.807, 2.05) is 11.8 Å². The van der Waals surface area contributed by atoms with Gasteiger partial charge in [0.05, 0.1) is 6.42 Å². The van der Waals surface area contributed by atoms with Gasteiger partial charge >= 0.3 is 5.97 Å². The molecule has 0 aromatic rings. The van der Waals surface area contributed by atoms with Crippen LogP contribution in [-0.2, 0) is 14.3 Å². The van der Waals surface area contributed by atoms with E-state index < -0.39 is 11.6 Å². The zero-order valence-corrected chi connectivity index (χ0v) is 10.6. The van der Waals surface area contributed by atoms with Gasteiger partial charge < -0.3 is 9.84 Å². The van der Waals surface area contributed by atoms with E-state index in [-0.39, 0.29) is 30.0 Å². The molecule has 1 spiro atoms. The first-order valence-electron chi connectivity index (χ1n) is 5.84. The predicted octanol–water partition coefficient (Wildman–Crippen LogP) is 1.99. The molecule has 2 heterocycles. The molecule has 0 aliphatic carbocycles. The summed E-state index contributed by atoms with van der Waals surface area (Å²) in [6.45, 7) is 1.70. The van der Waals surface area contributed by atoms with Crippen LogP contribution in [0.1, 0.15) is 32.6 Å². The molecule has 0 amide bonds. The molecule has 5 heteroatoms. The van der Waals surface area contributed by atoms with E-state index in [1.165, 1.54) is 0 Å². The minimum atomic E-state index is -0.646. The Morgan fingerprint density at radius 1 is 1.41 bits per heavy atom. The van der Waals surface area contributed by atoms with Crippen molar-refractivity contribution in [3.63, 3.8) is 0 Å². The molecule has 2 aliphatic rings. The lowest BCUT2D eigenvalue weighted by Gasteiger charge is -2.39. The smallest absolute Gasteiger partial charge is 0.345 e. The average Bonchev–Trinajstić information content (AvgIpc) is 2.28. The van der Waals surface area contributed by atoms with Gasteiger partial charge in [-0.25, -0.2) is 4.79 Å². The fourth-order valence-corrected chi connectivity index (χ4v) is 3.49. The average molecular weight is 256 g/mol. The third-order valence-corrected chi connectivity index (χ3v) is 4.29. The molecule has 0 saturated carbocycles. The number of hydrogen-bond acceptors (Lipinski definition) is 5. The molecule has 17 heavy (non-hydrogen) atoms. The second-order valence-corrected chi connectivity index (χ2v) is 5.68. The lowest BCUT2D eigenvalue weighted by Crippen LogP contribution is -2.46. The van der Waals surface area contributed by atoms with Crippen LogP contribution >= 0.6 is 11.8 Å². The third kappa shape index (κ3) is 2.34. The Balaban J connectivity index is 2.23. The molecule has 0 bridgehead atoms. The fraction of sp³-hybridized carbons (Fsp3) is 0.667.